The maximum Gasteiger partial charge on any atom is 0.123 e. The van der Waals surface area contributed by atoms with Crippen molar-refractivity contribution in [1.82, 2.24) is 5.43 Å². The highest BCUT2D eigenvalue weighted by Crippen LogP contribution is 2.17. The molecule has 0 aliphatic carbocycles. The maximum atomic E-state index is 5.84. The van der Waals surface area contributed by atoms with Crippen molar-refractivity contribution in [3.05, 3.63) is 95.6 Å². The summed E-state index contributed by atoms with van der Waals surface area (Å²) in [6, 6.07) is 25.9. The summed E-state index contributed by atoms with van der Waals surface area (Å²) in [5.41, 5.74) is 6.23. The van der Waals surface area contributed by atoms with Crippen LogP contribution in [0, 0.1) is 0 Å². The molecule has 0 saturated carbocycles. The van der Waals surface area contributed by atoms with Crippen LogP contribution < -0.4 is 14.9 Å². The Hall–Kier alpha value is -3.27. The Morgan fingerprint density at radius 1 is 0.923 bits per heavy atom. The smallest absolute Gasteiger partial charge is 0.123 e. The third-order valence-corrected chi connectivity index (χ3v) is 3.87. The molecule has 0 bridgehead atoms. The van der Waals surface area contributed by atoms with Crippen LogP contribution in [-0.4, -0.2) is 13.3 Å². The zero-order chi connectivity index (χ0) is 18.0. The lowest BCUT2D eigenvalue weighted by Gasteiger charge is -2.08. The van der Waals surface area contributed by atoms with Crippen LogP contribution in [0.5, 0.6) is 11.5 Å². The fourth-order valence-electron chi connectivity index (χ4n) is 2.53. The van der Waals surface area contributed by atoms with E-state index < -0.39 is 0 Å². The first-order valence-electron chi connectivity index (χ1n) is 8.50. The van der Waals surface area contributed by atoms with Gasteiger partial charge in [0.15, 0.2) is 0 Å². The van der Waals surface area contributed by atoms with Crippen LogP contribution in [-0.2, 0) is 13.2 Å². The van der Waals surface area contributed by atoms with Crippen molar-refractivity contribution in [2.45, 2.75) is 13.2 Å². The minimum absolute atomic E-state index is 0.549. The second kappa shape index (κ2) is 9.28. The van der Waals surface area contributed by atoms with E-state index in [1.165, 1.54) is 0 Å². The average Bonchev–Trinajstić information content (AvgIpc) is 2.71. The molecular formula is C22H22N2O2. The fraction of sp³-hybridized carbons (Fsp3) is 0.136. The van der Waals surface area contributed by atoms with Crippen LogP contribution in [0.2, 0.25) is 0 Å². The van der Waals surface area contributed by atoms with Gasteiger partial charge in [0.1, 0.15) is 18.1 Å². The van der Waals surface area contributed by atoms with E-state index in [4.69, 9.17) is 9.47 Å². The van der Waals surface area contributed by atoms with E-state index in [0.29, 0.717) is 13.2 Å². The quantitative estimate of drug-likeness (QED) is 0.486. The highest BCUT2D eigenvalue weighted by atomic mass is 16.5. The molecule has 0 aromatic heterocycles. The molecule has 0 heterocycles. The van der Waals surface area contributed by atoms with Gasteiger partial charge in [-0.15, -0.1) is 0 Å². The van der Waals surface area contributed by atoms with E-state index in [9.17, 15) is 0 Å². The van der Waals surface area contributed by atoms with Crippen molar-refractivity contribution in [2.24, 2.45) is 5.10 Å². The lowest BCUT2D eigenvalue weighted by atomic mass is 10.2. The molecule has 1 N–H and O–H groups in total. The van der Waals surface area contributed by atoms with Gasteiger partial charge in [-0.1, -0.05) is 60.7 Å². The number of hydrogen-bond acceptors (Lipinski definition) is 4. The van der Waals surface area contributed by atoms with Gasteiger partial charge in [-0.25, -0.2) is 0 Å². The van der Waals surface area contributed by atoms with Gasteiger partial charge >= 0.3 is 0 Å². The first kappa shape index (κ1) is 17.5. The summed E-state index contributed by atoms with van der Waals surface area (Å²) in [6.07, 6.45) is 1.78. The summed E-state index contributed by atoms with van der Waals surface area (Å²) in [6.45, 7) is 1.15. The summed E-state index contributed by atoms with van der Waals surface area (Å²) in [7, 11) is 1.67. The Balaban J connectivity index is 1.54. The van der Waals surface area contributed by atoms with Crippen LogP contribution in [0.15, 0.2) is 84.0 Å². The van der Waals surface area contributed by atoms with E-state index in [-0.39, 0.29) is 0 Å². The van der Waals surface area contributed by atoms with Crippen LogP contribution in [0.3, 0.4) is 0 Å². The molecule has 0 fully saturated rings. The van der Waals surface area contributed by atoms with E-state index in [0.717, 1.165) is 28.2 Å². The molecule has 4 nitrogen and oxygen atoms in total. The highest BCUT2D eigenvalue weighted by Gasteiger charge is 2.00. The van der Waals surface area contributed by atoms with E-state index >= 15 is 0 Å². The highest BCUT2D eigenvalue weighted by molar-refractivity contribution is 5.79. The van der Waals surface area contributed by atoms with Crippen LogP contribution >= 0.6 is 0 Å². The standard InChI is InChI=1S/C22H22N2O2/c1-25-22-13-6-5-11-20(22)16-24-23-15-19-10-7-12-21(14-19)26-17-18-8-3-2-4-9-18/h2-15,24H,16-17H2,1H3/b23-15-. The number of benzene rings is 3. The number of nitrogens with zero attached hydrogens (tertiary/aromatic N) is 1. The largest absolute Gasteiger partial charge is 0.496 e. The summed E-state index contributed by atoms with van der Waals surface area (Å²) < 4.78 is 11.2. The molecule has 3 aromatic carbocycles. The molecule has 0 amide bonds. The predicted octanol–water partition coefficient (Wildman–Crippen LogP) is 4.40. The summed E-state index contributed by atoms with van der Waals surface area (Å²) in [4.78, 5) is 0. The predicted molar refractivity (Wildman–Crippen MR) is 105 cm³/mol. The number of nitrogens with one attached hydrogen (secondary N) is 1. The Bertz CT molecular complexity index is 848. The van der Waals surface area contributed by atoms with Crippen LogP contribution in [0.25, 0.3) is 0 Å². The molecule has 0 unspecified atom stereocenters. The van der Waals surface area contributed by atoms with Crippen molar-refractivity contribution in [3.63, 3.8) is 0 Å². The SMILES string of the molecule is COc1ccccc1CN/N=C\c1cccc(OCc2ccccc2)c1. The molecule has 0 saturated heterocycles. The van der Waals surface area contributed by atoms with Gasteiger partial charge in [0.2, 0.25) is 0 Å². The number of hydrogen-bond donors (Lipinski definition) is 1. The molecule has 4 heteroatoms. The third kappa shape index (κ3) is 5.11. The molecule has 26 heavy (non-hydrogen) atoms. The van der Waals surface area contributed by atoms with Crippen molar-refractivity contribution in [2.75, 3.05) is 7.11 Å². The molecule has 0 spiro atoms. The monoisotopic (exact) mass is 346 g/mol. The Kier molecular flexibility index (Phi) is 6.26. The first-order valence-corrected chi connectivity index (χ1v) is 8.50. The molecule has 0 radical (unpaired) electrons. The number of ether oxygens (including phenoxy) is 2. The Morgan fingerprint density at radius 3 is 2.58 bits per heavy atom. The summed E-state index contributed by atoms with van der Waals surface area (Å²) in [5, 5.41) is 4.29. The van der Waals surface area contributed by atoms with E-state index in [1.807, 2.05) is 78.9 Å². The van der Waals surface area contributed by atoms with Gasteiger partial charge in [0.25, 0.3) is 0 Å². The van der Waals surface area contributed by atoms with Crippen molar-refractivity contribution in [1.29, 1.82) is 0 Å². The Labute approximate surface area is 154 Å². The van der Waals surface area contributed by atoms with Crippen LogP contribution in [0.4, 0.5) is 0 Å². The molecule has 0 aliphatic heterocycles. The average molecular weight is 346 g/mol. The third-order valence-electron chi connectivity index (χ3n) is 3.87. The number of para-hydroxylation sites is 1. The van der Waals surface area contributed by atoms with E-state index in [1.54, 1.807) is 13.3 Å². The zero-order valence-electron chi connectivity index (χ0n) is 14.8. The minimum Gasteiger partial charge on any atom is -0.496 e. The second-order valence-electron chi connectivity index (χ2n) is 5.75. The molecule has 0 atom stereocenters. The molecule has 132 valence electrons. The van der Waals surface area contributed by atoms with Crippen LogP contribution in [0.1, 0.15) is 16.7 Å². The lowest BCUT2D eigenvalue weighted by Crippen LogP contribution is -2.06. The van der Waals surface area contributed by atoms with Gasteiger partial charge in [-0.2, -0.15) is 5.10 Å². The normalized spacial score (nSPS) is 10.7. The number of methoxy groups -OCH3 is 1. The minimum atomic E-state index is 0.549. The van der Waals surface area contributed by atoms with Gasteiger partial charge in [-0.3, -0.25) is 0 Å². The lowest BCUT2D eigenvalue weighted by molar-refractivity contribution is 0.306. The molecular weight excluding hydrogens is 324 g/mol. The molecule has 0 aliphatic rings. The van der Waals surface area contributed by atoms with E-state index in [2.05, 4.69) is 10.5 Å². The van der Waals surface area contributed by atoms with Gasteiger partial charge in [0, 0.05) is 5.56 Å². The van der Waals surface area contributed by atoms with Crippen molar-refractivity contribution >= 4 is 6.21 Å². The summed E-state index contributed by atoms with van der Waals surface area (Å²) >= 11 is 0. The van der Waals surface area contributed by atoms with Gasteiger partial charge < -0.3 is 14.9 Å². The Morgan fingerprint density at radius 2 is 1.73 bits per heavy atom. The number of hydrazone groups is 1. The van der Waals surface area contributed by atoms with Crippen molar-refractivity contribution in [3.8, 4) is 11.5 Å². The second-order valence-corrected chi connectivity index (χ2v) is 5.75. The fourth-order valence-corrected chi connectivity index (χ4v) is 2.53. The molecule has 3 rings (SSSR count). The summed E-state index contributed by atoms with van der Waals surface area (Å²) in [5.74, 6) is 1.68. The maximum absolute atomic E-state index is 5.84. The van der Waals surface area contributed by atoms with Gasteiger partial charge in [-0.05, 0) is 29.3 Å². The van der Waals surface area contributed by atoms with Crippen molar-refractivity contribution < 1.29 is 9.47 Å². The number of rotatable bonds is 8. The topological polar surface area (TPSA) is 42.8 Å². The zero-order valence-corrected chi connectivity index (χ0v) is 14.8. The molecule has 3 aromatic rings. The van der Waals surface area contributed by atoms with Gasteiger partial charge in [0.05, 0.1) is 19.9 Å². The first-order chi connectivity index (χ1) is 12.8.